The molecule has 2 aromatic heterocycles. The van der Waals surface area contributed by atoms with Gasteiger partial charge in [-0.3, -0.25) is 33.6 Å². The number of carbonyl (C=O) groups excluding carboxylic acids is 9. The Balaban J connectivity index is 0.000000412. The molecule has 0 saturated carbocycles. The molecule has 0 fully saturated rings. The van der Waals surface area contributed by atoms with E-state index in [0.717, 1.165) is 29.1 Å². The number of ether oxygens (including phenoxy) is 2. The third-order valence-corrected chi connectivity index (χ3v) is 14.0. The Morgan fingerprint density at radius 1 is 0.675 bits per heavy atom. The molecular formula is C54H74N8O11S4. The number of carbonyl (C=O) groups is 9. The molecule has 19 nitrogen and oxygen atoms in total. The molecule has 2 aliphatic rings. The van der Waals surface area contributed by atoms with Crippen LogP contribution < -0.4 is 31.9 Å². The summed E-state index contributed by atoms with van der Waals surface area (Å²) in [6, 6.07) is 4.72. The average Bonchev–Trinajstić information content (AvgIpc) is 3.40. The number of nitrogens with one attached hydrogen (secondary N) is 6. The van der Waals surface area contributed by atoms with Gasteiger partial charge in [-0.15, -0.1) is 23.5 Å². The zero-order chi connectivity index (χ0) is 57.0. The van der Waals surface area contributed by atoms with E-state index in [0.29, 0.717) is 42.2 Å². The molecule has 77 heavy (non-hydrogen) atoms. The van der Waals surface area contributed by atoms with Crippen molar-refractivity contribution in [1.29, 1.82) is 0 Å². The van der Waals surface area contributed by atoms with Gasteiger partial charge in [0.15, 0.2) is 5.12 Å². The molecule has 4 heterocycles. The van der Waals surface area contributed by atoms with E-state index in [-0.39, 0.29) is 77.5 Å². The lowest BCUT2D eigenvalue weighted by Crippen LogP contribution is -2.48. The predicted octanol–water partition coefficient (Wildman–Crippen LogP) is 6.68. The lowest BCUT2D eigenvalue weighted by Gasteiger charge is -2.24. The highest BCUT2D eigenvalue weighted by molar-refractivity contribution is 8.13. The second kappa shape index (κ2) is 34.8. The highest BCUT2D eigenvalue weighted by Crippen LogP contribution is 2.21. The molecule has 4 bridgehead atoms. The quantitative estimate of drug-likeness (QED) is 0.0245. The SMILES string of the molecule is C/C=C1\NC(=O)c2cc(SC)cc(n2)CNC(=O)C[C@@H](/C=C/CCS)OC(=O)[C@H](C(C)C)NC1=O.C/C=C1\NC(=O)c2cc(SC)cc(n2)CNC(=O)C[C@@H](/C=C/CCSC(=O)CCCCC)OC(=O)[C@H](C(C)C)NC1=O. The molecule has 2 aromatic rings. The fourth-order valence-corrected chi connectivity index (χ4v) is 9.02. The standard InChI is InChI=1S/C30H42N4O6S2.C24H32N4O5S2/c1-6-8-9-13-26(36)42-14-11-10-12-21-16-25(35)31-18-20-15-22(41-5)17-24(32-20)29(38)33-23(7-2)28(37)34-27(19(3)4)30(39)40-21;1-5-18-22(30)28-21(14(2)3)24(32)33-16(8-6-7-9-34)11-20(29)25-13-15-10-17(35-4)12-19(26-15)23(31)27-18/h7,10,12,15,17,19,21,27H,6,8-9,11,13-14,16,18H2,1-5H3,(H,31,35)(H,33,38)(H,34,37);5-6,8,10,12,14,16,21,34H,7,9,11,13H2,1-4H3,(H,25,29)(H,27,31)(H,28,30)/b12-10+,23-7-;8-6+,18-5-/t21-,27+;16-,21+/m11/s1. The summed E-state index contributed by atoms with van der Waals surface area (Å²) < 4.78 is 11.3. The van der Waals surface area contributed by atoms with E-state index in [1.54, 1.807) is 90.1 Å². The van der Waals surface area contributed by atoms with Gasteiger partial charge in [0.05, 0.1) is 37.3 Å². The molecule has 0 aliphatic carbocycles. The third-order valence-electron chi connectivity index (χ3n) is 11.4. The monoisotopic (exact) mass is 1140 g/mol. The van der Waals surface area contributed by atoms with Crippen LogP contribution in [0.2, 0.25) is 0 Å². The summed E-state index contributed by atoms with van der Waals surface area (Å²) in [4.78, 5) is 126. The number of pyridine rings is 2. The first-order chi connectivity index (χ1) is 36.7. The number of allylic oxidation sites excluding steroid dienone is 4. The second-order valence-corrected chi connectivity index (χ2v) is 21.6. The summed E-state index contributed by atoms with van der Waals surface area (Å²) in [5.41, 5.74) is 1.09. The van der Waals surface area contributed by atoms with E-state index in [1.807, 2.05) is 12.5 Å². The molecule has 6 N–H and O–H groups in total. The van der Waals surface area contributed by atoms with Crippen LogP contribution >= 0.6 is 47.9 Å². The van der Waals surface area contributed by atoms with Gasteiger partial charge in [0.1, 0.15) is 47.1 Å². The molecule has 0 radical (unpaired) electrons. The van der Waals surface area contributed by atoms with E-state index in [2.05, 4.69) is 61.4 Å². The molecule has 6 amide bonds. The number of rotatable bonds is 15. The van der Waals surface area contributed by atoms with E-state index in [9.17, 15) is 43.2 Å². The van der Waals surface area contributed by atoms with Crippen LogP contribution in [-0.2, 0) is 56.1 Å². The van der Waals surface area contributed by atoms with Crippen molar-refractivity contribution in [2.75, 3.05) is 24.0 Å². The first-order valence-electron chi connectivity index (χ1n) is 25.5. The smallest absolute Gasteiger partial charge is 0.329 e. The minimum absolute atomic E-state index is 0.0167. The van der Waals surface area contributed by atoms with Gasteiger partial charge in [-0.05, 0) is 99.6 Å². The van der Waals surface area contributed by atoms with Gasteiger partial charge in [0.25, 0.3) is 23.6 Å². The summed E-state index contributed by atoms with van der Waals surface area (Å²) in [6.07, 6.45) is 16.2. The predicted molar refractivity (Wildman–Crippen MR) is 304 cm³/mol. The number of thioether (sulfide) groups is 3. The molecule has 0 spiro atoms. The normalized spacial score (nSPS) is 20.7. The molecule has 0 aromatic carbocycles. The number of thiol groups is 1. The molecule has 4 atom stereocenters. The number of nitrogens with zero attached hydrogens (tertiary/aromatic N) is 2. The number of cyclic esters (lactones) is 2. The van der Waals surface area contributed by atoms with Crippen molar-refractivity contribution in [3.63, 3.8) is 0 Å². The van der Waals surface area contributed by atoms with Crippen LogP contribution in [0.5, 0.6) is 0 Å². The third kappa shape index (κ3) is 23.3. The highest BCUT2D eigenvalue weighted by atomic mass is 32.2. The zero-order valence-corrected chi connectivity index (χ0v) is 48.6. The summed E-state index contributed by atoms with van der Waals surface area (Å²) >= 11 is 8.28. The molecular weight excluding hydrogens is 1060 g/mol. The molecule has 4 rings (SSSR count). The van der Waals surface area contributed by atoms with Crippen molar-refractivity contribution in [1.82, 2.24) is 41.9 Å². The summed E-state index contributed by atoms with van der Waals surface area (Å²) in [6.45, 7) is 12.5. The number of hydrogen-bond acceptors (Lipinski definition) is 17. The number of unbranched alkanes of at least 4 members (excludes halogenated alkanes) is 2. The molecule has 0 saturated heterocycles. The van der Waals surface area contributed by atoms with Crippen molar-refractivity contribution in [3.05, 3.63) is 94.9 Å². The van der Waals surface area contributed by atoms with Crippen LogP contribution in [0.4, 0.5) is 0 Å². The van der Waals surface area contributed by atoms with Crippen molar-refractivity contribution in [2.24, 2.45) is 11.8 Å². The zero-order valence-electron chi connectivity index (χ0n) is 45.3. The van der Waals surface area contributed by atoms with Crippen molar-refractivity contribution in [3.8, 4) is 0 Å². The summed E-state index contributed by atoms with van der Waals surface area (Å²) in [5, 5.41) is 16.1. The fourth-order valence-electron chi connectivity index (χ4n) is 7.13. The van der Waals surface area contributed by atoms with Crippen molar-refractivity contribution in [2.45, 2.75) is 147 Å². The van der Waals surface area contributed by atoms with Gasteiger partial charge < -0.3 is 41.4 Å². The first kappa shape index (κ1) is 65.4. The molecule has 0 unspecified atom stereocenters. The van der Waals surface area contributed by atoms with E-state index in [4.69, 9.17) is 9.47 Å². The summed E-state index contributed by atoms with van der Waals surface area (Å²) in [7, 11) is 0. The largest absolute Gasteiger partial charge is 0.456 e. The second-order valence-electron chi connectivity index (χ2n) is 18.2. The summed E-state index contributed by atoms with van der Waals surface area (Å²) in [5.74, 6) is -4.04. The number of fused-ring (bicyclic) bond motifs is 4. The Morgan fingerprint density at radius 3 is 1.51 bits per heavy atom. The number of hydrogen-bond donors (Lipinski definition) is 7. The van der Waals surface area contributed by atoms with Gasteiger partial charge in [0, 0.05) is 22.0 Å². The van der Waals surface area contributed by atoms with Crippen LogP contribution in [0.1, 0.15) is 132 Å². The van der Waals surface area contributed by atoms with Crippen LogP contribution in [0.15, 0.2) is 81.9 Å². The Hall–Kier alpha value is -5.91. The molecule has 420 valence electrons. The fraction of sp³-hybridized carbons (Fsp3) is 0.500. The van der Waals surface area contributed by atoms with E-state index in [1.165, 1.54) is 47.4 Å². The van der Waals surface area contributed by atoms with Crippen molar-refractivity contribution >= 4 is 100 Å². The minimum Gasteiger partial charge on any atom is -0.456 e. The van der Waals surface area contributed by atoms with Gasteiger partial charge in [0.2, 0.25) is 11.8 Å². The van der Waals surface area contributed by atoms with Gasteiger partial charge in [-0.25, -0.2) is 19.6 Å². The molecule has 2 aliphatic heterocycles. The highest BCUT2D eigenvalue weighted by Gasteiger charge is 2.32. The van der Waals surface area contributed by atoms with E-state index < -0.39 is 59.9 Å². The maximum absolute atomic E-state index is 13.2. The Morgan fingerprint density at radius 2 is 1.12 bits per heavy atom. The van der Waals surface area contributed by atoms with Gasteiger partial charge >= 0.3 is 11.9 Å². The Bertz CT molecular complexity index is 2530. The Kier molecular flexibility index (Phi) is 29.5. The lowest BCUT2D eigenvalue weighted by atomic mass is 10.0. The topological polar surface area (TPSA) is 270 Å². The lowest BCUT2D eigenvalue weighted by molar-refractivity contribution is -0.153. The minimum atomic E-state index is -1.03. The molecule has 23 heteroatoms. The van der Waals surface area contributed by atoms with Gasteiger partial charge in [-0.2, -0.15) is 12.6 Å². The van der Waals surface area contributed by atoms with Gasteiger partial charge in [-0.1, -0.05) is 83.5 Å². The number of esters is 2. The van der Waals surface area contributed by atoms with Crippen LogP contribution in [0.25, 0.3) is 0 Å². The van der Waals surface area contributed by atoms with E-state index >= 15 is 0 Å². The maximum Gasteiger partial charge on any atom is 0.329 e. The van der Waals surface area contributed by atoms with Crippen LogP contribution in [0.3, 0.4) is 0 Å². The van der Waals surface area contributed by atoms with Crippen LogP contribution in [-0.4, -0.2) is 111 Å². The number of amides is 6. The first-order valence-corrected chi connectivity index (χ1v) is 29.5. The number of aromatic nitrogens is 2. The average molecular weight is 1140 g/mol. The Labute approximate surface area is 470 Å². The van der Waals surface area contributed by atoms with Crippen LogP contribution in [0, 0.1) is 11.8 Å². The van der Waals surface area contributed by atoms with Crippen molar-refractivity contribution < 1.29 is 52.6 Å². The maximum atomic E-state index is 13.2.